The number of aromatic nitrogens is 3. The van der Waals surface area contributed by atoms with Crippen molar-refractivity contribution in [3.63, 3.8) is 0 Å². The Labute approximate surface area is 211 Å². The summed E-state index contributed by atoms with van der Waals surface area (Å²) in [6, 6.07) is 12.6. The number of phenols is 1. The van der Waals surface area contributed by atoms with Crippen LogP contribution in [-0.2, 0) is 22.8 Å². The van der Waals surface area contributed by atoms with E-state index in [2.05, 4.69) is 37.6 Å². The summed E-state index contributed by atoms with van der Waals surface area (Å²) in [5.74, 6) is 1.34. The van der Waals surface area contributed by atoms with Gasteiger partial charge >= 0.3 is 5.97 Å². The maximum Gasteiger partial charge on any atom is 0.340 e. The number of imidazole rings is 1. The van der Waals surface area contributed by atoms with E-state index in [0.29, 0.717) is 40.5 Å². The molecule has 0 bridgehead atoms. The van der Waals surface area contributed by atoms with Crippen molar-refractivity contribution in [2.24, 2.45) is 0 Å². The predicted molar refractivity (Wildman–Crippen MR) is 138 cm³/mol. The molecule has 1 saturated carbocycles. The second-order valence-electron chi connectivity index (χ2n) is 8.44. The highest BCUT2D eigenvalue weighted by Gasteiger charge is 2.34. The first-order valence-electron chi connectivity index (χ1n) is 11.4. The van der Waals surface area contributed by atoms with Crippen molar-refractivity contribution >= 4 is 44.6 Å². The molecule has 176 valence electrons. The first-order valence-corrected chi connectivity index (χ1v) is 13.3. The molecule has 5 rings (SSSR count). The minimum atomic E-state index is -0.337. The largest absolute Gasteiger partial charge is 0.506 e. The molecule has 0 spiro atoms. The Bertz CT molecular complexity index is 1310. The minimum absolute atomic E-state index is 0.142. The van der Waals surface area contributed by atoms with Crippen LogP contribution < -0.4 is 0 Å². The highest BCUT2D eigenvalue weighted by Crippen LogP contribution is 2.46. The van der Waals surface area contributed by atoms with Crippen molar-refractivity contribution in [2.75, 3.05) is 6.61 Å². The zero-order valence-electron chi connectivity index (χ0n) is 18.9. The summed E-state index contributed by atoms with van der Waals surface area (Å²) >= 11 is 5.34. The van der Waals surface area contributed by atoms with Gasteiger partial charge in [-0.25, -0.2) is 9.78 Å². The Morgan fingerprint density at radius 3 is 2.74 bits per heavy atom. The molecule has 0 saturated heterocycles. The lowest BCUT2D eigenvalue weighted by molar-refractivity contribution is 0.0527. The van der Waals surface area contributed by atoms with Crippen LogP contribution in [0.4, 0.5) is 0 Å². The van der Waals surface area contributed by atoms with Gasteiger partial charge in [-0.3, -0.25) is 0 Å². The first kappa shape index (κ1) is 23.1. The number of phenolic OH excluding ortho intramolecular Hbond substituents is 1. The van der Waals surface area contributed by atoms with Crippen molar-refractivity contribution in [2.45, 2.75) is 43.9 Å². The fourth-order valence-corrected chi connectivity index (χ4v) is 5.89. The number of esters is 1. The molecule has 0 radical (unpaired) electrons. The average Bonchev–Trinajstić information content (AvgIpc) is 3.43. The topological polar surface area (TPSA) is 69.3 Å². The van der Waals surface area contributed by atoms with E-state index in [1.54, 1.807) is 24.3 Å². The number of hydrogen-bond donors (Lipinski definition) is 1. The van der Waals surface area contributed by atoms with Crippen molar-refractivity contribution in [3.8, 4) is 5.75 Å². The van der Waals surface area contributed by atoms with Crippen molar-refractivity contribution < 1.29 is 14.6 Å². The third kappa shape index (κ3) is 4.49. The lowest BCUT2D eigenvalue weighted by Crippen LogP contribution is -2.10. The summed E-state index contributed by atoms with van der Waals surface area (Å²) in [6.45, 7) is 2.52. The molecule has 0 aliphatic heterocycles. The number of benzene rings is 2. The minimum Gasteiger partial charge on any atom is -0.506 e. The second kappa shape index (κ2) is 9.88. The van der Waals surface area contributed by atoms with Gasteiger partial charge in [-0.15, -0.1) is 0 Å². The van der Waals surface area contributed by atoms with Crippen LogP contribution in [0.5, 0.6) is 5.75 Å². The van der Waals surface area contributed by atoms with E-state index in [0.717, 1.165) is 35.2 Å². The van der Waals surface area contributed by atoms with Gasteiger partial charge in [-0.05, 0) is 47.3 Å². The molecule has 4 aromatic rings. The van der Waals surface area contributed by atoms with E-state index >= 15 is 0 Å². The number of ether oxygens (including phenoxy) is 1. The average molecular weight is 540 g/mol. The van der Waals surface area contributed by atoms with Crippen LogP contribution in [0, 0.1) is 0 Å². The molecule has 2 aromatic carbocycles. The number of rotatable bonds is 9. The van der Waals surface area contributed by atoms with E-state index in [4.69, 9.17) is 4.74 Å². The first-order chi connectivity index (χ1) is 16.6. The van der Waals surface area contributed by atoms with Gasteiger partial charge in [0.1, 0.15) is 5.75 Å². The SMILES string of the molecule is CCOC(=O)c1c(CSCc2ccccc2)n(C2CC2)c2cc(Br)c(O)c(Cn3ccnc3)c12. The molecule has 1 N–H and O–H groups in total. The Kier molecular flexibility index (Phi) is 6.70. The zero-order chi connectivity index (χ0) is 23.7. The number of nitrogens with zero attached hydrogens (tertiary/aromatic N) is 3. The smallest absolute Gasteiger partial charge is 0.340 e. The van der Waals surface area contributed by atoms with Gasteiger partial charge < -0.3 is 19.0 Å². The van der Waals surface area contributed by atoms with E-state index in [-0.39, 0.29) is 11.7 Å². The van der Waals surface area contributed by atoms with Crippen LogP contribution in [0.15, 0.2) is 59.6 Å². The number of fused-ring (bicyclic) bond motifs is 1. The maximum absolute atomic E-state index is 13.4. The van der Waals surface area contributed by atoms with Crippen LogP contribution in [0.2, 0.25) is 0 Å². The number of carbonyl (C=O) groups is 1. The van der Waals surface area contributed by atoms with E-state index in [9.17, 15) is 9.90 Å². The summed E-state index contributed by atoms with van der Waals surface area (Å²) in [5, 5.41) is 11.8. The zero-order valence-corrected chi connectivity index (χ0v) is 21.3. The van der Waals surface area contributed by atoms with Crippen molar-refractivity contribution in [3.05, 3.63) is 82.0 Å². The van der Waals surface area contributed by atoms with Crippen LogP contribution in [0.1, 0.15) is 53.0 Å². The molecular weight excluding hydrogens is 514 g/mol. The summed E-state index contributed by atoms with van der Waals surface area (Å²) in [7, 11) is 0. The standard InChI is InChI=1S/C26H26BrN3O3S/c1-2-33-26(32)24-22(15-34-14-17-6-4-3-5-7-17)30(18-8-9-18)21-12-20(27)25(31)19(23(21)24)13-29-11-10-28-16-29/h3-7,10-12,16,18,31H,2,8-9,13-15H2,1H3. The van der Waals surface area contributed by atoms with Crippen molar-refractivity contribution in [1.29, 1.82) is 0 Å². The van der Waals surface area contributed by atoms with Gasteiger partial charge in [0.05, 0.1) is 35.0 Å². The third-order valence-corrected chi connectivity index (χ3v) is 7.68. The summed E-state index contributed by atoms with van der Waals surface area (Å²) in [5.41, 5.74) is 4.45. The fourth-order valence-electron chi connectivity index (χ4n) is 4.43. The molecule has 1 fully saturated rings. The van der Waals surface area contributed by atoms with Gasteiger partial charge in [0.25, 0.3) is 0 Å². The van der Waals surface area contributed by atoms with Crippen LogP contribution in [0.25, 0.3) is 10.9 Å². The lowest BCUT2D eigenvalue weighted by Gasteiger charge is -2.12. The summed E-state index contributed by atoms with van der Waals surface area (Å²) < 4.78 is 10.4. The third-order valence-electron chi connectivity index (χ3n) is 6.06. The Balaban J connectivity index is 1.66. The van der Waals surface area contributed by atoms with Crippen LogP contribution in [-0.4, -0.2) is 31.8 Å². The van der Waals surface area contributed by atoms with E-state index in [1.807, 2.05) is 42.0 Å². The Hall–Kier alpha value is -2.71. The molecule has 0 atom stereocenters. The number of thioether (sulfide) groups is 1. The molecule has 0 amide bonds. The van der Waals surface area contributed by atoms with E-state index < -0.39 is 0 Å². The molecule has 2 aromatic heterocycles. The van der Waals surface area contributed by atoms with Gasteiger partial charge in [0.2, 0.25) is 0 Å². The highest BCUT2D eigenvalue weighted by atomic mass is 79.9. The molecular formula is C26H26BrN3O3S. The maximum atomic E-state index is 13.4. The normalized spacial score (nSPS) is 13.5. The van der Waals surface area contributed by atoms with Crippen LogP contribution in [0.3, 0.4) is 0 Å². The predicted octanol–water partition coefficient (Wildman–Crippen LogP) is 6.30. The fraction of sp³-hybridized carbons (Fsp3) is 0.308. The molecule has 6 nitrogen and oxygen atoms in total. The lowest BCUT2D eigenvalue weighted by atomic mass is 10.0. The highest BCUT2D eigenvalue weighted by molar-refractivity contribution is 9.10. The molecule has 2 heterocycles. The quantitative estimate of drug-likeness (QED) is 0.253. The molecule has 34 heavy (non-hydrogen) atoms. The second-order valence-corrected chi connectivity index (χ2v) is 10.3. The van der Waals surface area contributed by atoms with Gasteiger partial charge in [0.15, 0.2) is 0 Å². The number of aromatic hydroxyl groups is 1. The van der Waals surface area contributed by atoms with E-state index in [1.165, 1.54) is 5.56 Å². The Morgan fingerprint density at radius 1 is 1.26 bits per heavy atom. The summed E-state index contributed by atoms with van der Waals surface area (Å²) in [4.78, 5) is 17.5. The number of hydrogen-bond acceptors (Lipinski definition) is 5. The number of halogens is 1. The molecule has 0 unspecified atom stereocenters. The molecule has 8 heteroatoms. The van der Waals surface area contributed by atoms with Gasteiger partial charge in [-0.2, -0.15) is 11.8 Å². The Morgan fingerprint density at radius 2 is 2.06 bits per heavy atom. The molecule has 1 aliphatic rings. The monoisotopic (exact) mass is 539 g/mol. The van der Waals surface area contributed by atoms with Gasteiger partial charge in [0, 0.05) is 46.6 Å². The number of carbonyl (C=O) groups excluding carboxylic acids is 1. The van der Waals surface area contributed by atoms with Gasteiger partial charge in [-0.1, -0.05) is 30.3 Å². The van der Waals surface area contributed by atoms with Crippen LogP contribution >= 0.6 is 27.7 Å². The van der Waals surface area contributed by atoms with Crippen molar-refractivity contribution in [1.82, 2.24) is 14.1 Å². The summed E-state index contributed by atoms with van der Waals surface area (Å²) in [6.07, 6.45) is 7.43. The molecule has 1 aliphatic carbocycles.